The average Bonchev–Trinajstić information content (AvgIpc) is 3.22. The summed E-state index contributed by atoms with van der Waals surface area (Å²) in [5, 5.41) is 3.64. The van der Waals surface area contributed by atoms with E-state index in [1.807, 2.05) is 4.57 Å². The molecule has 0 unspecified atom stereocenters. The number of amides is 1. The summed E-state index contributed by atoms with van der Waals surface area (Å²) in [6, 6.07) is 12.0. The summed E-state index contributed by atoms with van der Waals surface area (Å²) < 4.78 is 29.1. The van der Waals surface area contributed by atoms with Gasteiger partial charge in [-0.3, -0.25) is 4.79 Å². The number of carbonyl (C=O) groups is 1. The number of hydrogen-bond acceptors (Lipinski definition) is 3. The Hall–Kier alpha value is -2.67. The topological polar surface area (TPSA) is 46.9 Å². The summed E-state index contributed by atoms with van der Waals surface area (Å²) in [6.45, 7) is 1.01. The maximum Gasteiger partial charge on any atom is 0.254 e. The molecule has 0 spiro atoms. The van der Waals surface area contributed by atoms with E-state index in [4.69, 9.17) is 0 Å². The van der Waals surface area contributed by atoms with Crippen LogP contribution < -0.4 is 5.32 Å². The van der Waals surface area contributed by atoms with Gasteiger partial charge in [-0.25, -0.2) is 13.8 Å². The number of halogens is 2. The molecule has 0 saturated heterocycles. The number of nitrogens with one attached hydrogen (secondary N) is 1. The third kappa shape index (κ3) is 3.10. The zero-order valence-electron chi connectivity index (χ0n) is 13.7. The van der Waals surface area contributed by atoms with E-state index in [1.54, 1.807) is 36.0 Å². The van der Waals surface area contributed by atoms with E-state index in [0.717, 1.165) is 28.7 Å². The Morgan fingerprint density at radius 2 is 1.92 bits per heavy atom. The maximum absolute atomic E-state index is 13.8. The van der Waals surface area contributed by atoms with Gasteiger partial charge < -0.3 is 9.88 Å². The van der Waals surface area contributed by atoms with Gasteiger partial charge in [0.1, 0.15) is 11.6 Å². The van der Waals surface area contributed by atoms with Crippen molar-refractivity contribution in [1.29, 1.82) is 0 Å². The van der Waals surface area contributed by atoms with Crippen LogP contribution in [0, 0.1) is 11.6 Å². The first-order chi connectivity index (χ1) is 12.6. The van der Waals surface area contributed by atoms with Crippen LogP contribution in [0.5, 0.6) is 0 Å². The van der Waals surface area contributed by atoms with Gasteiger partial charge in [0, 0.05) is 17.9 Å². The second-order valence-corrected chi connectivity index (χ2v) is 6.92. The molecule has 26 heavy (non-hydrogen) atoms. The summed E-state index contributed by atoms with van der Waals surface area (Å²) in [6.07, 6.45) is 0. The van der Waals surface area contributed by atoms with Gasteiger partial charge in [0.05, 0.1) is 23.5 Å². The molecular formula is C19H15F2N3OS. The molecule has 132 valence electrons. The van der Waals surface area contributed by atoms with Crippen LogP contribution in [0.1, 0.15) is 16.1 Å². The number of aromatic nitrogens is 2. The standard InChI is InChI=1S/C19H15F2N3OS/c20-13-7-5-12(6-8-13)17-16(24-9-10-26-19(24)23-17)11-22-18(25)14-3-1-2-4-15(14)21/h1-8H,9-11H2,(H,22,25). The highest BCUT2D eigenvalue weighted by molar-refractivity contribution is 7.99. The van der Waals surface area contributed by atoms with Crippen LogP contribution in [0.15, 0.2) is 53.7 Å². The van der Waals surface area contributed by atoms with E-state index in [9.17, 15) is 13.6 Å². The zero-order valence-corrected chi connectivity index (χ0v) is 14.5. The van der Waals surface area contributed by atoms with Crippen molar-refractivity contribution >= 4 is 17.7 Å². The van der Waals surface area contributed by atoms with Crippen molar-refractivity contribution in [3.63, 3.8) is 0 Å². The molecule has 0 atom stereocenters. The fourth-order valence-electron chi connectivity index (χ4n) is 2.96. The quantitative estimate of drug-likeness (QED) is 0.757. The smallest absolute Gasteiger partial charge is 0.254 e. The second-order valence-electron chi connectivity index (χ2n) is 5.86. The van der Waals surface area contributed by atoms with Gasteiger partial charge in [0.2, 0.25) is 0 Å². The predicted molar refractivity (Wildman–Crippen MR) is 95.9 cm³/mol. The number of hydrogen-bond donors (Lipinski definition) is 1. The molecule has 1 N–H and O–H groups in total. The van der Waals surface area contributed by atoms with Crippen LogP contribution in [0.4, 0.5) is 8.78 Å². The van der Waals surface area contributed by atoms with Crippen molar-refractivity contribution in [2.24, 2.45) is 0 Å². The highest BCUT2D eigenvalue weighted by atomic mass is 32.2. The normalized spacial score (nSPS) is 12.8. The first kappa shape index (κ1) is 16.8. The van der Waals surface area contributed by atoms with E-state index >= 15 is 0 Å². The minimum Gasteiger partial charge on any atom is -0.346 e. The number of fused-ring (bicyclic) bond motifs is 1. The van der Waals surface area contributed by atoms with Crippen molar-refractivity contribution in [2.45, 2.75) is 18.2 Å². The van der Waals surface area contributed by atoms with Crippen molar-refractivity contribution in [3.05, 3.63) is 71.4 Å². The lowest BCUT2D eigenvalue weighted by Crippen LogP contribution is -2.25. The van der Waals surface area contributed by atoms with Crippen molar-refractivity contribution in [3.8, 4) is 11.3 Å². The lowest BCUT2D eigenvalue weighted by molar-refractivity contribution is 0.0946. The molecule has 1 aliphatic rings. The molecule has 7 heteroatoms. The Labute approximate surface area is 153 Å². The Balaban J connectivity index is 1.63. The Morgan fingerprint density at radius 1 is 1.15 bits per heavy atom. The van der Waals surface area contributed by atoms with Crippen LogP contribution in [0.2, 0.25) is 0 Å². The van der Waals surface area contributed by atoms with E-state index in [2.05, 4.69) is 10.3 Å². The first-order valence-corrected chi connectivity index (χ1v) is 9.13. The van der Waals surface area contributed by atoms with E-state index in [0.29, 0.717) is 5.69 Å². The summed E-state index contributed by atoms with van der Waals surface area (Å²) in [7, 11) is 0. The van der Waals surface area contributed by atoms with Gasteiger partial charge >= 0.3 is 0 Å². The minimum atomic E-state index is -0.558. The van der Waals surface area contributed by atoms with Crippen molar-refractivity contribution < 1.29 is 13.6 Å². The Kier molecular flexibility index (Phi) is 4.46. The largest absolute Gasteiger partial charge is 0.346 e. The molecule has 2 aromatic carbocycles. The zero-order chi connectivity index (χ0) is 18.1. The average molecular weight is 371 g/mol. The van der Waals surface area contributed by atoms with Gasteiger partial charge in [-0.1, -0.05) is 23.9 Å². The van der Waals surface area contributed by atoms with Gasteiger partial charge in [0.15, 0.2) is 5.16 Å². The number of benzene rings is 2. The molecule has 2 heterocycles. The number of carbonyl (C=O) groups excluding carboxylic acids is 1. The molecule has 4 nitrogen and oxygen atoms in total. The van der Waals surface area contributed by atoms with Crippen molar-refractivity contribution in [1.82, 2.24) is 14.9 Å². The number of nitrogens with zero attached hydrogens (tertiary/aromatic N) is 2. The molecule has 4 rings (SSSR count). The lowest BCUT2D eigenvalue weighted by Gasteiger charge is -2.10. The van der Waals surface area contributed by atoms with Crippen LogP contribution in [-0.4, -0.2) is 21.2 Å². The molecule has 0 aliphatic carbocycles. The third-order valence-corrected chi connectivity index (χ3v) is 5.19. The van der Waals surface area contributed by atoms with Gasteiger partial charge in [-0.2, -0.15) is 0 Å². The number of rotatable bonds is 4. The first-order valence-electron chi connectivity index (χ1n) is 8.14. The molecular weight excluding hydrogens is 356 g/mol. The van der Waals surface area contributed by atoms with Gasteiger partial charge in [0.25, 0.3) is 5.91 Å². The molecule has 0 saturated carbocycles. The molecule has 3 aromatic rings. The van der Waals surface area contributed by atoms with Crippen molar-refractivity contribution in [2.75, 3.05) is 5.75 Å². The van der Waals surface area contributed by atoms with Crippen LogP contribution in [0.25, 0.3) is 11.3 Å². The maximum atomic E-state index is 13.8. The van der Waals surface area contributed by atoms with Crippen LogP contribution in [-0.2, 0) is 13.1 Å². The number of thioether (sulfide) groups is 1. The molecule has 0 fully saturated rings. The summed E-state index contributed by atoms with van der Waals surface area (Å²) in [5.74, 6) is -0.434. The van der Waals surface area contributed by atoms with Crippen LogP contribution >= 0.6 is 11.8 Å². The summed E-state index contributed by atoms with van der Waals surface area (Å²) >= 11 is 1.64. The summed E-state index contributed by atoms with van der Waals surface area (Å²) in [5.41, 5.74) is 2.33. The Morgan fingerprint density at radius 3 is 2.69 bits per heavy atom. The van der Waals surface area contributed by atoms with Gasteiger partial charge in [-0.05, 0) is 36.4 Å². The van der Waals surface area contributed by atoms with Crippen LogP contribution in [0.3, 0.4) is 0 Å². The minimum absolute atomic E-state index is 0.00590. The molecule has 1 aromatic heterocycles. The number of imidazole rings is 1. The summed E-state index contributed by atoms with van der Waals surface area (Å²) in [4.78, 5) is 17.0. The predicted octanol–water partition coefficient (Wildman–Crippen LogP) is 3.86. The highest BCUT2D eigenvalue weighted by Gasteiger charge is 2.23. The molecule has 1 aliphatic heterocycles. The molecule has 1 amide bonds. The second kappa shape index (κ2) is 6.92. The van der Waals surface area contributed by atoms with E-state index in [1.165, 1.54) is 24.3 Å². The highest BCUT2D eigenvalue weighted by Crippen LogP contribution is 2.33. The van der Waals surface area contributed by atoms with Gasteiger partial charge in [-0.15, -0.1) is 0 Å². The van der Waals surface area contributed by atoms with E-state index < -0.39 is 11.7 Å². The Bertz CT molecular complexity index is 969. The molecule has 0 radical (unpaired) electrons. The lowest BCUT2D eigenvalue weighted by atomic mass is 10.1. The SMILES string of the molecule is O=C(NCc1c(-c2ccc(F)cc2)nc2n1CCS2)c1ccccc1F. The fourth-order valence-corrected chi connectivity index (χ4v) is 3.93. The molecule has 0 bridgehead atoms. The third-order valence-electron chi connectivity index (χ3n) is 4.24. The fraction of sp³-hybridized carbons (Fsp3) is 0.158. The monoisotopic (exact) mass is 371 g/mol. The van der Waals surface area contributed by atoms with E-state index in [-0.39, 0.29) is 17.9 Å².